The van der Waals surface area contributed by atoms with Crippen molar-refractivity contribution in [2.24, 2.45) is 0 Å². The third-order valence-electron chi connectivity index (χ3n) is 3.61. The van der Waals surface area contributed by atoms with Gasteiger partial charge in [-0.2, -0.15) is 8.78 Å². The molecule has 2 aromatic rings. The van der Waals surface area contributed by atoms with Crippen LogP contribution in [0, 0.1) is 0 Å². The van der Waals surface area contributed by atoms with E-state index in [1.165, 1.54) is 19.2 Å². The molecule has 0 saturated heterocycles. The van der Waals surface area contributed by atoms with Gasteiger partial charge in [0.1, 0.15) is 0 Å². The fraction of sp³-hybridized carbons (Fsp3) is 0.222. The van der Waals surface area contributed by atoms with Crippen molar-refractivity contribution in [1.29, 1.82) is 0 Å². The molecule has 8 nitrogen and oxygen atoms in total. The molecule has 2 aromatic carbocycles. The molecule has 0 bridgehead atoms. The van der Waals surface area contributed by atoms with E-state index in [9.17, 15) is 18.4 Å². The lowest BCUT2D eigenvalue weighted by Crippen LogP contribution is -2.21. The number of alkyl halides is 2. The summed E-state index contributed by atoms with van der Waals surface area (Å²) < 4.78 is 49.1. The van der Waals surface area contributed by atoms with Gasteiger partial charge in [0.2, 0.25) is 6.79 Å². The summed E-state index contributed by atoms with van der Waals surface area (Å²) in [6, 6.07) is 8.37. The van der Waals surface area contributed by atoms with E-state index in [0.717, 1.165) is 6.07 Å². The number of carbonyl (C=O) groups excluding carboxylic acids is 2. The van der Waals surface area contributed by atoms with Gasteiger partial charge >= 0.3 is 12.6 Å². The Labute approximate surface area is 157 Å². The molecule has 0 unspecified atom stereocenters. The number of methoxy groups -OCH3 is 1. The molecular weight excluding hydrogens is 380 g/mol. The molecule has 1 aliphatic heterocycles. The molecule has 0 aromatic heterocycles. The SMILES string of the molecule is COc1cc(C(=O)OCC(=O)Nc2ccc3c(c2)OCO3)ccc1OC(F)F. The van der Waals surface area contributed by atoms with Gasteiger partial charge < -0.3 is 29.0 Å². The number of hydrogen-bond acceptors (Lipinski definition) is 7. The molecule has 0 aliphatic carbocycles. The van der Waals surface area contributed by atoms with Gasteiger partial charge in [0.15, 0.2) is 29.6 Å². The lowest BCUT2D eigenvalue weighted by Gasteiger charge is -2.11. The summed E-state index contributed by atoms with van der Waals surface area (Å²) in [5.74, 6) is -0.639. The highest BCUT2D eigenvalue weighted by Gasteiger charge is 2.17. The van der Waals surface area contributed by atoms with Crippen molar-refractivity contribution >= 4 is 17.6 Å². The van der Waals surface area contributed by atoms with Gasteiger partial charge in [0.05, 0.1) is 12.7 Å². The van der Waals surface area contributed by atoms with Gasteiger partial charge in [-0.15, -0.1) is 0 Å². The van der Waals surface area contributed by atoms with Crippen molar-refractivity contribution in [3.05, 3.63) is 42.0 Å². The zero-order chi connectivity index (χ0) is 20.1. The molecular formula is C18H15F2NO7. The number of nitrogens with one attached hydrogen (secondary N) is 1. The Morgan fingerprint density at radius 2 is 1.89 bits per heavy atom. The standard InChI is InChI=1S/C18H15F2NO7/c1-24-14-6-10(2-4-13(14)28-18(19)20)17(23)25-8-16(22)21-11-3-5-12-15(7-11)27-9-26-12/h2-7,18H,8-9H2,1H3,(H,21,22). The molecule has 10 heteroatoms. The maximum Gasteiger partial charge on any atom is 0.387 e. The second-order valence-corrected chi connectivity index (χ2v) is 5.44. The average Bonchev–Trinajstić information content (AvgIpc) is 3.13. The van der Waals surface area contributed by atoms with E-state index < -0.39 is 25.1 Å². The van der Waals surface area contributed by atoms with Crippen LogP contribution in [0.15, 0.2) is 36.4 Å². The Morgan fingerprint density at radius 3 is 2.64 bits per heavy atom. The fourth-order valence-corrected chi connectivity index (χ4v) is 2.37. The summed E-state index contributed by atoms with van der Waals surface area (Å²) >= 11 is 0. The Bertz CT molecular complexity index is 888. The smallest absolute Gasteiger partial charge is 0.387 e. The van der Waals surface area contributed by atoms with Gasteiger partial charge in [-0.1, -0.05) is 0 Å². The minimum absolute atomic E-state index is 0.00865. The van der Waals surface area contributed by atoms with Crippen LogP contribution in [0.4, 0.5) is 14.5 Å². The van der Waals surface area contributed by atoms with Crippen LogP contribution in [-0.2, 0) is 9.53 Å². The molecule has 1 N–H and O–H groups in total. The van der Waals surface area contributed by atoms with Gasteiger partial charge in [-0.25, -0.2) is 4.79 Å². The number of rotatable bonds is 7. The first kappa shape index (κ1) is 19.2. The number of carbonyl (C=O) groups is 2. The number of halogens is 2. The number of esters is 1. The van der Waals surface area contributed by atoms with Crippen molar-refractivity contribution in [2.75, 3.05) is 25.8 Å². The zero-order valence-corrected chi connectivity index (χ0v) is 14.6. The summed E-state index contributed by atoms with van der Waals surface area (Å²) in [5, 5.41) is 2.55. The van der Waals surface area contributed by atoms with Crippen molar-refractivity contribution < 1.29 is 42.1 Å². The second-order valence-electron chi connectivity index (χ2n) is 5.44. The molecule has 28 heavy (non-hydrogen) atoms. The number of anilines is 1. The molecule has 0 fully saturated rings. The predicted octanol–water partition coefficient (Wildman–Crippen LogP) is 2.82. The lowest BCUT2D eigenvalue weighted by molar-refractivity contribution is -0.119. The van der Waals surface area contributed by atoms with E-state index in [-0.39, 0.29) is 23.9 Å². The summed E-state index contributed by atoms with van der Waals surface area (Å²) in [4.78, 5) is 24.0. The predicted molar refractivity (Wildman–Crippen MR) is 91.1 cm³/mol. The number of ether oxygens (including phenoxy) is 5. The van der Waals surface area contributed by atoms with Crippen molar-refractivity contribution in [3.63, 3.8) is 0 Å². The Morgan fingerprint density at radius 1 is 1.11 bits per heavy atom. The van der Waals surface area contributed by atoms with E-state index in [2.05, 4.69) is 10.1 Å². The van der Waals surface area contributed by atoms with Gasteiger partial charge in [-0.3, -0.25) is 4.79 Å². The largest absolute Gasteiger partial charge is 0.493 e. The van der Waals surface area contributed by atoms with Gasteiger partial charge in [0.25, 0.3) is 5.91 Å². The van der Waals surface area contributed by atoms with E-state index >= 15 is 0 Å². The monoisotopic (exact) mass is 395 g/mol. The quantitative estimate of drug-likeness (QED) is 0.721. The molecule has 1 amide bonds. The maximum absolute atomic E-state index is 12.3. The minimum atomic E-state index is -3.04. The summed E-state index contributed by atoms with van der Waals surface area (Å²) in [6.45, 7) is -3.48. The van der Waals surface area contributed by atoms with Gasteiger partial charge in [0, 0.05) is 11.8 Å². The van der Waals surface area contributed by atoms with E-state index in [1.807, 2.05) is 0 Å². The lowest BCUT2D eigenvalue weighted by atomic mass is 10.2. The highest BCUT2D eigenvalue weighted by Crippen LogP contribution is 2.34. The maximum atomic E-state index is 12.3. The molecule has 148 valence electrons. The molecule has 1 heterocycles. The van der Waals surface area contributed by atoms with E-state index in [1.54, 1.807) is 18.2 Å². The van der Waals surface area contributed by atoms with Crippen LogP contribution in [0.1, 0.15) is 10.4 Å². The van der Waals surface area contributed by atoms with Crippen molar-refractivity contribution in [3.8, 4) is 23.0 Å². The van der Waals surface area contributed by atoms with E-state index in [0.29, 0.717) is 17.2 Å². The third kappa shape index (κ3) is 4.58. The highest BCUT2D eigenvalue weighted by atomic mass is 19.3. The molecule has 0 spiro atoms. The molecule has 0 radical (unpaired) electrons. The van der Waals surface area contributed by atoms with E-state index in [4.69, 9.17) is 18.9 Å². The minimum Gasteiger partial charge on any atom is -0.493 e. The third-order valence-corrected chi connectivity index (χ3v) is 3.61. The summed E-state index contributed by atoms with van der Waals surface area (Å²) in [6.07, 6.45) is 0. The summed E-state index contributed by atoms with van der Waals surface area (Å²) in [7, 11) is 1.24. The second kappa shape index (κ2) is 8.42. The highest BCUT2D eigenvalue weighted by molar-refractivity contribution is 5.96. The first-order valence-electron chi connectivity index (χ1n) is 7.95. The van der Waals surface area contributed by atoms with Gasteiger partial charge in [-0.05, 0) is 30.3 Å². The topological polar surface area (TPSA) is 92.3 Å². The number of fused-ring (bicyclic) bond motifs is 1. The molecule has 0 atom stereocenters. The molecule has 0 saturated carbocycles. The zero-order valence-electron chi connectivity index (χ0n) is 14.6. The Balaban J connectivity index is 1.56. The van der Waals surface area contributed by atoms with Crippen LogP contribution >= 0.6 is 0 Å². The van der Waals surface area contributed by atoms with Crippen LogP contribution in [0.2, 0.25) is 0 Å². The van der Waals surface area contributed by atoms with Crippen molar-refractivity contribution in [2.45, 2.75) is 6.61 Å². The number of hydrogen-bond donors (Lipinski definition) is 1. The van der Waals surface area contributed by atoms with Crippen LogP contribution in [0.5, 0.6) is 23.0 Å². The van der Waals surface area contributed by atoms with Crippen LogP contribution in [0.25, 0.3) is 0 Å². The van der Waals surface area contributed by atoms with Crippen LogP contribution in [-0.4, -0.2) is 39.0 Å². The summed E-state index contributed by atoms with van der Waals surface area (Å²) in [5.41, 5.74) is 0.454. The van der Waals surface area contributed by atoms with Crippen LogP contribution < -0.4 is 24.3 Å². The number of benzene rings is 2. The average molecular weight is 395 g/mol. The molecule has 3 rings (SSSR count). The first-order chi connectivity index (χ1) is 13.5. The van der Waals surface area contributed by atoms with Crippen LogP contribution in [0.3, 0.4) is 0 Å². The Hall–Kier alpha value is -3.56. The molecule has 1 aliphatic rings. The van der Waals surface area contributed by atoms with Crippen molar-refractivity contribution in [1.82, 2.24) is 0 Å². The first-order valence-corrected chi connectivity index (χ1v) is 7.95. The fourth-order valence-electron chi connectivity index (χ4n) is 2.37. The number of amides is 1. The normalized spacial score (nSPS) is 11.9. The Kier molecular flexibility index (Phi) is 5.78.